The quantitative estimate of drug-likeness (QED) is 0.929. The van der Waals surface area contributed by atoms with Crippen molar-refractivity contribution < 1.29 is 18.7 Å². The Kier molecular flexibility index (Phi) is 3.84. The molecule has 2 aromatic rings. The number of anilines is 1. The van der Waals surface area contributed by atoms with Crippen LogP contribution in [0.3, 0.4) is 0 Å². The summed E-state index contributed by atoms with van der Waals surface area (Å²) in [4.78, 5) is 0. The van der Waals surface area contributed by atoms with Crippen molar-refractivity contribution >= 4 is 21.7 Å². The van der Waals surface area contributed by atoms with Gasteiger partial charge in [0.2, 0.25) is 5.75 Å². The molecule has 0 aliphatic rings. The van der Waals surface area contributed by atoms with Crippen molar-refractivity contribution in [3.63, 3.8) is 0 Å². The number of hydrogen-bond acceptors (Lipinski definition) is 6. The van der Waals surface area contributed by atoms with Gasteiger partial charge in [0.05, 0.1) is 26.9 Å². The minimum Gasteiger partial charge on any atom is -0.493 e. The molecule has 0 saturated carbocycles. The molecule has 0 saturated heterocycles. The monoisotopic (exact) mass is 328 g/mol. The van der Waals surface area contributed by atoms with Gasteiger partial charge in [-0.25, -0.2) is 0 Å². The molecule has 1 heterocycles. The number of benzene rings is 1. The molecule has 0 bridgehead atoms. The van der Waals surface area contributed by atoms with E-state index in [1.54, 1.807) is 19.2 Å². The second-order valence-corrected chi connectivity index (χ2v) is 4.39. The third-order valence-electron chi connectivity index (χ3n) is 2.61. The molecular weight excluding hydrogens is 316 g/mol. The van der Waals surface area contributed by atoms with Gasteiger partial charge < -0.3 is 24.5 Å². The third-order valence-corrected chi connectivity index (χ3v) is 3.37. The Bertz CT molecular complexity index is 598. The van der Waals surface area contributed by atoms with E-state index in [1.807, 2.05) is 0 Å². The van der Waals surface area contributed by atoms with Crippen molar-refractivity contribution in [2.75, 3.05) is 27.1 Å². The van der Waals surface area contributed by atoms with Crippen LogP contribution in [0.5, 0.6) is 17.2 Å². The standard InChI is InChI=1S/C12H13BrN2O4/c1-16-7-5-4-6(10(17-2)11(7)18-3)9-8(13)12(14)15-19-9/h4-5H,1-3H3,(H2,14,15). The van der Waals surface area contributed by atoms with E-state index in [2.05, 4.69) is 21.1 Å². The fourth-order valence-corrected chi connectivity index (χ4v) is 2.10. The maximum atomic E-state index is 5.65. The van der Waals surface area contributed by atoms with Gasteiger partial charge in [-0.2, -0.15) is 0 Å². The predicted octanol–water partition coefficient (Wildman–Crippen LogP) is 2.71. The van der Waals surface area contributed by atoms with Crippen molar-refractivity contribution in [2.45, 2.75) is 0 Å². The van der Waals surface area contributed by atoms with E-state index in [4.69, 9.17) is 24.5 Å². The molecule has 102 valence electrons. The number of nitrogen functional groups attached to an aromatic ring is 1. The summed E-state index contributed by atoms with van der Waals surface area (Å²) in [6.07, 6.45) is 0. The Hall–Kier alpha value is -1.89. The summed E-state index contributed by atoms with van der Waals surface area (Å²) < 4.78 is 21.7. The van der Waals surface area contributed by atoms with E-state index >= 15 is 0 Å². The highest BCUT2D eigenvalue weighted by atomic mass is 79.9. The van der Waals surface area contributed by atoms with Crippen molar-refractivity contribution in [3.8, 4) is 28.6 Å². The van der Waals surface area contributed by atoms with E-state index in [9.17, 15) is 0 Å². The van der Waals surface area contributed by atoms with Crippen LogP contribution >= 0.6 is 15.9 Å². The van der Waals surface area contributed by atoms with E-state index in [0.29, 0.717) is 33.0 Å². The maximum Gasteiger partial charge on any atom is 0.204 e. The summed E-state index contributed by atoms with van der Waals surface area (Å²) in [7, 11) is 4.63. The lowest BCUT2D eigenvalue weighted by Gasteiger charge is -2.14. The topological polar surface area (TPSA) is 79.7 Å². The first-order valence-electron chi connectivity index (χ1n) is 5.34. The summed E-state index contributed by atoms with van der Waals surface area (Å²) >= 11 is 3.32. The van der Waals surface area contributed by atoms with Gasteiger partial charge in [-0.1, -0.05) is 5.16 Å². The molecule has 0 radical (unpaired) electrons. The molecule has 0 unspecified atom stereocenters. The molecule has 7 heteroatoms. The number of ether oxygens (including phenoxy) is 3. The van der Waals surface area contributed by atoms with Crippen LogP contribution in [0.25, 0.3) is 11.3 Å². The first-order valence-corrected chi connectivity index (χ1v) is 6.13. The van der Waals surface area contributed by atoms with Gasteiger partial charge in [-0.05, 0) is 28.1 Å². The highest BCUT2D eigenvalue weighted by molar-refractivity contribution is 9.10. The van der Waals surface area contributed by atoms with Gasteiger partial charge in [-0.3, -0.25) is 0 Å². The first kappa shape index (κ1) is 13.5. The average molecular weight is 329 g/mol. The van der Waals surface area contributed by atoms with Gasteiger partial charge in [0.25, 0.3) is 0 Å². The zero-order valence-electron chi connectivity index (χ0n) is 10.7. The fourth-order valence-electron chi connectivity index (χ4n) is 1.74. The van der Waals surface area contributed by atoms with Crippen LogP contribution in [-0.4, -0.2) is 26.5 Å². The SMILES string of the molecule is COc1ccc(-c2onc(N)c2Br)c(OC)c1OC. The molecule has 1 aromatic heterocycles. The van der Waals surface area contributed by atoms with Gasteiger partial charge in [0, 0.05) is 0 Å². The highest BCUT2D eigenvalue weighted by Gasteiger charge is 2.22. The molecule has 6 nitrogen and oxygen atoms in total. The number of nitrogens with two attached hydrogens (primary N) is 1. The normalized spacial score (nSPS) is 10.3. The van der Waals surface area contributed by atoms with Gasteiger partial charge >= 0.3 is 0 Å². The summed E-state index contributed by atoms with van der Waals surface area (Å²) in [5.41, 5.74) is 6.31. The predicted molar refractivity (Wildman–Crippen MR) is 73.7 cm³/mol. The van der Waals surface area contributed by atoms with Crippen LogP contribution < -0.4 is 19.9 Å². The average Bonchev–Trinajstić information content (AvgIpc) is 2.77. The second kappa shape index (κ2) is 5.40. The lowest BCUT2D eigenvalue weighted by Crippen LogP contribution is -1.96. The molecule has 0 aliphatic heterocycles. The number of hydrogen-bond donors (Lipinski definition) is 1. The zero-order valence-corrected chi connectivity index (χ0v) is 12.3. The number of nitrogens with zero attached hydrogens (tertiary/aromatic N) is 1. The van der Waals surface area contributed by atoms with Gasteiger partial charge in [-0.15, -0.1) is 0 Å². The van der Waals surface area contributed by atoms with Crippen LogP contribution in [0.1, 0.15) is 0 Å². The first-order chi connectivity index (χ1) is 9.13. The minimum absolute atomic E-state index is 0.270. The Labute approximate surface area is 118 Å². The van der Waals surface area contributed by atoms with Crippen molar-refractivity contribution in [1.29, 1.82) is 0 Å². The zero-order chi connectivity index (χ0) is 14.0. The number of methoxy groups -OCH3 is 3. The Morgan fingerprint density at radius 1 is 1.11 bits per heavy atom. The second-order valence-electron chi connectivity index (χ2n) is 3.59. The van der Waals surface area contributed by atoms with Crippen molar-refractivity contribution in [2.24, 2.45) is 0 Å². The smallest absolute Gasteiger partial charge is 0.204 e. The van der Waals surface area contributed by atoms with Crippen molar-refractivity contribution in [3.05, 3.63) is 16.6 Å². The lowest BCUT2D eigenvalue weighted by atomic mass is 10.1. The van der Waals surface area contributed by atoms with E-state index < -0.39 is 0 Å². The molecule has 0 amide bonds. The Morgan fingerprint density at radius 3 is 2.26 bits per heavy atom. The summed E-state index contributed by atoms with van der Waals surface area (Å²) in [5.74, 6) is 2.26. The molecule has 0 aliphatic carbocycles. The van der Waals surface area contributed by atoms with E-state index in [0.717, 1.165) is 0 Å². The molecule has 0 spiro atoms. The lowest BCUT2D eigenvalue weighted by molar-refractivity contribution is 0.324. The molecule has 2 N–H and O–H groups in total. The summed E-state index contributed by atoms with van der Waals surface area (Å²) in [6, 6.07) is 3.53. The molecule has 19 heavy (non-hydrogen) atoms. The van der Waals surface area contributed by atoms with E-state index in [1.165, 1.54) is 14.2 Å². The maximum absolute atomic E-state index is 5.65. The summed E-state index contributed by atoms with van der Waals surface area (Å²) in [6.45, 7) is 0. The largest absolute Gasteiger partial charge is 0.493 e. The molecule has 0 fully saturated rings. The van der Waals surface area contributed by atoms with Crippen molar-refractivity contribution in [1.82, 2.24) is 5.16 Å². The minimum atomic E-state index is 0.270. The van der Waals surface area contributed by atoms with Crippen LogP contribution in [-0.2, 0) is 0 Å². The van der Waals surface area contributed by atoms with Crippen LogP contribution in [0, 0.1) is 0 Å². The molecule has 2 rings (SSSR count). The van der Waals surface area contributed by atoms with E-state index in [-0.39, 0.29) is 5.82 Å². The number of rotatable bonds is 4. The summed E-state index contributed by atoms with van der Waals surface area (Å²) in [5, 5.41) is 3.69. The fraction of sp³-hybridized carbons (Fsp3) is 0.250. The third kappa shape index (κ3) is 2.21. The van der Waals surface area contributed by atoms with Gasteiger partial charge in [0.1, 0.15) is 4.47 Å². The van der Waals surface area contributed by atoms with Crippen LogP contribution in [0.15, 0.2) is 21.1 Å². The highest BCUT2D eigenvalue weighted by Crippen LogP contribution is 2.46. The molecular formula is C12H13BrN2O4. The Morgan fingerprint density at radius 2 is 1.79 bits per heavy atom. The van der Waals surface area contributed by atoms with Gasteiger partial charge in [0.15, 0.2) is 23.1 Å². The molecule has 1 aromatic carbocycles. The number of aromatic nitrogens is 1. The Balaban J connectivity index is 2.67. The number of halogens is 1. The van der Waals surface area contributed by atoms with Crippen LogP contribution in [0.4, 0.5) is 5.82 Å². The molecule has 0 atom stereocenters. The van der Waals surface area contributed by atoms with Crippen LogP contribution in [0.2, 0.25) is 0 Å².